The number of hydrogen-bond donors (Lipinski definition) is 2. The van der Waals surface area contributed by atoms with Crippen LogP contribution in [0.1, 0.15) is 25.7 Å². The molecule has 0 aromatic carbocycles. The number of allylic oxidation sites excluding steroid dienone is 2. The summed E-state index contributed by atoms with van der Waals surface area (Å²) in [6, 6.07) is 1.85. The van der Waals surface area contributed by atoms with E-state index >= 15 is 0 Å². The Morgan fingerprint density at radius 1 is 1.26 bits per heavy atom. The summed E-state index contributed by atoms with van der Waals surface area (Å²) >= 11 is 6.55. The summed E-state index contributed by atoms with van der Waals surface area (Å²) in [6.07, 6.45) is 14.7. The van der Waals surface area contributed by atoms with E-state index in [4.69, 9.17) is 11.6 Å². The molecule has 1 spiro atoms. The molecule has 2 N–H and O–H groups in total. The first-order chi connectivity index (χ1) is 11.3. The predicted molar refractivity (Wildman–Crippen MR) is 88.9 cm³/mol. The van der Waals surface area contributed by atoms with Gasteiger partial charge in [-0.2, -0.15) is 0 Å². The summed E-state index contributed by atoms with van der Waals surface area (Å²) in [5.41, 5.74) is 2.07. The third-order valence-electron chi connectivity index (χ3n) is 5.72. The van der Waals surface area contributed by atoms with Crippen LogP contribution in [0.3, 0.4) is 0 Å². The molecule has 0 radical (unpaired) electrons. The second kappa shape index (κ2) is 4.74. The number of halogens is 1. The van der Waals surface area contributed by atoms with Gasteiger partial charge in [0.05, 0.1) is 16.4 Å². The van der Waals surface area contributed by atoms with Gasteiger partial charge in [-0.1, -0.05) is 11.6 Å². The van der Waals surface area contributed by atoms with Crippen molar-refractivity contribution in [3.63, 3.8) is 0 Å². The lowest BCUT2D eigenvalue weighted by molar-refractivity contribution is 0.124. The molecule has 4 aliphatic rings. The molecular weight excluding hydrogens is 310 g/mol. The van der Waals surface area contributed by atoms with Gasteiger partial charge in [-0.05, 0) is 37.8 Å². The number of nitrogens with zero attached hydrogens (tertiary/aromatic N) is 3. The highest BCUT2D eigenvalue weighted by molar-refractivity contribution is 6.32. The molecule has 6 heteroatoms. The van der Waals surface area contributed by atoms with Crippen LogP contribution in [0.15, 0.2) is 53.5 Å². The highest BCUT2D eigenvalue weighted by Crippen LogP contribution is 2.57. The van der Waals surface area contributed by atoms with E-state index < -0.39 is 0 Å². The Labute approximate surface area is 140 Å². The van der Waals surface area contributed by atoms with Gasteiger partial charge in [-0.15, -0.1) is 0 Å². The minimum Gasteiger partial charge on any atom is -0.366 e. The van der Waals surface area contributed by atoms with Gasteiger partial charge in [0.15, 0.2) is 0 Å². The third kappa shape index (κ3) is 1.80. The van der Waals surface area contributed by atoms with Crippen LogP contribution in [0.4, 0.5) is 5.82 Å². The van der Waals surface area contributed by atoms with Crippen LogP contribution < -0.4 is 10.6 Å². The van der Waals surface area contributed by atoms with Crippen LogP contribution in [0.25, 0.3) is 0 Å². The average molecular weight is 328 g/mol. The summed E-state index contributed by atoms with van der Waals surface area (Å²) in [5, 5.41) is 7.79. The van der Waals surface area contributed by atoms with Crippen molar-refractivity contribution >= 4 is 17.4 Å². The van der Waals surface area contributed by atoms with Gasteiger partial charge < -0.3 is 15.5 Å². The molecule has 5 rings (SSSR count). The lowest BCUT2D eigenvalue weighted by Gasteiger charge is -2.42. The quantitative estimate of drug-likeness (QED) is 0.874. The molecule has 0 unspecified atom stereocenters. The van der Waals surface area contributed by atoms with E-state index in [1.165, 1.54) is 25.7 Å². The molecule has 2 aliphatic heterocycles. The maximum atomic E-state index is 6.55. The molecule has 2 fully saturated rings. The molecule has 0 amide bonds. The number of fused-ring (bicyclic) bond motifs is 1. The van der Waals surface area contributed by atoms with Crippen molar-refractivity contribution in [1.29, 1.82) is 0 Å². The summed E-state index contributed by atoms with van der Waals surface area (Å²) in [5.74, 6) is 2.16. The minimum atomic E-state index is 0.0301. The number of rotatable bonds is 2. The zero-order valence-electron chi connectivity index (χ0n) is 12.7. The summed E-state index contributed by atoms with van der Waals surface area (Å²) in [4.78, 5) is 10.6. The fourth-order valence-electron chi connectivity index (χ4n) is 4.79. The van der Waals surface area contributed by atoms with Gasteiger partial charge in [0.1, 0.15) is 17.8 Å². The minimum absolute atomic E-state index is 0.0301. The van der Waals surface area contributed by atoms with Gasteiger partial charge in [0.2, 0.25) is 0 Å². The van der Waals surface area contributed by atoms with Crippen LogP contribution in [0.5, 0.6) is 0 Å². The zero-order valence-corrected chi connectivity index (χ0v) is 13.4. The molecule has 118 valence electrons. The Bertz CT molecular complexity index is 719. The standard InChI is InChI=1S/C17H18ClN5/c18-14-7-13(22-16-5-6-19-10-20-16)9-23-15(14)8-21-17(23)11-1-2-12(17)4-3-11/h5-12,21H,1-4H2,(H,19,20,22). The van der Waals surface area contributed by atoms with E-state index in [9.17, 15) is 0 Å². The molecule has 2 bridgehead atoms. The first-order valence-corrected chi connectivity index (χ1v) is 8.55. The molecule has 2 aliphatic carbocycles. The van der Waals surface area contributed by atoms with Gasteiger partial charge in [-0.3, -0.25) is 0 Å². The number of nitrogens with one attached hydrogen (secondary N) is 2. The molecule has 5 nitrogen and oxygen atoms in total. The summed E-state index contributed by atoms with van der Waals surface area (Å²) in [7, 11) is 0. The fraction of sp³-hybridized carbons (Fsp3) is 0.412. The lowest BCUT2D eigenvalue weighted by Crippen LogP contribution is -2.54. The van der Waals surface area contributed by atoms with Crippen LogP contribution in [0, 0.1) is 11.8 Å². The van der Waals surface area contributed by atoms with E-state index in [-0.39, 0.29) is 5.66 Å². The van der Waals surface area contributed by atoms with Crippen molar-refractivity contribution < 1.29 is 0 Å². The van der Waals surface area contributed by atoms with Crippen molar-refractivity contribution in [2.75, 3.05) is 5.32 Å². The monoisotopic (exact) mass is 327 g/mol. The predicted octanol–water partition coefficient (Wildman–Crippen LogP) is 3.13. The second-order valence-electron chi connectivity index (χ2n) is 6.71. The van der Waals surface area contributed by atoms with Crippen LogP contribution in [0.2, 0.25) is 0 Å². The fourth-order valence-corrected chi connectivity index (χ4v) is 5.05. The molecule has 3 heterocycles. The van der Waals surface area contributed by atoms with Crippen LogP contribution in [-0.2, 0) is 0 Å². The lowest BCUT2D eigenvalue weighted by atomic mass is 9.96. The maximum absolute atomic E-state index is 6.55. The largest absolute Gasteiger partial charge is 0.366 e. The van der Waals surface area contributed by atoms with Crippen molar-refractivity contribution in [1.82, 2.24) is 20.2 Å². The molecule has 1 aromatic rings. The normalized spacial score (nSPS) is 34.0. The Kier molecular flexibility index (Phi) is 2.77. The Hall–Kier alpha value is -2.01. The van der Waals surface area contributed by atoms with E-state index in [2.05, 4.69) is 37.9 Å². The molecule has 23 heavy (non-hydrogen) atoms. The van der Waals surface area contributed by atoms with E-state index in [1.807, 2.05) is 12.1 Å². The first kappa shape index (κ1) is 13.4. The van der Waals surface area contributed by atoms with Gasteiger partial charge in [0.25, 0.3) is 0 Å². The first-order valence-electron chi connectivity index (χ1n) is 8.17. The second-order valence-corrected chi connectivity index (χ2v) is 7.12. The molecule has 2 saturated carbocycles. The molecule has 0 saturated heterocycles. The smallest absolute Gasteiger partial charge is 0.133 e. The van der Waals surface area contributed by atoms with E-state index in [1.54, 1.807) is 12.5 Å². The number of anilines is 1. The molecular formula is C17H18ClN5. The summed E-state index contributed by atoms with van der Waals surface area (Å²) < 4.78 is 0. The van der Waals surface area contributed by atoms with Gasteiger partial charge >= 0.3 is 0 Å². The highest BCUT2D eigenvalue weighted by atomic mass is 35.5. The van der Waals surface area contributed by atoms with Crippen molar-refractivity contribution in [3.8, 4) is 0 Å². The van der Waals surface area contributed by atoms with Crippen LogP contribution >= 0.6 is 11.6 Å². The average Bonchev–Trinajstić information content (AvgIpc) is 3.24. The van der Waals surface area contributed by atoms with Crippen molar-refractivity contribution in [2.24, 2.45) is 11.8 Å². The van der Waals surface area contributed by atoms with E-state index in [0.29, 0.717) is 11.8 Å². The summed E-state index contributed by atoms with van der Waals surface area (Å²) in [6.45, 7) is 0. The van der Waals surface area contributed by atoms with Crippen molar-refractivity contribution in [2.45, 2.75) is 31.3 Å². The number of hydrogen-bond acceptors (Lipinski definition) is 5. The highest BCUT2D eigenvalue weighted by Gasteiger charge is 2.60. The molecule has 0 atom stereocenters. The van der Waals surface area contributed by atoms with Gasteiger partial charge in [-0.25, -0.2) is 9.97 Å². The Morgan fingerprint density at radius 2 is 2.04 bits per heavy atom. The Morgan fingerprint density at radius 3 is 2.74 bits per heavy atom. The van der Waals surface area contributed by atoms with Crippen LogP contribution in [-0.4, -0.2) is 20.5 Å². The number of aromatic nitrogens is 2. The third-order valence-corrected chi connectivity index (χ3v) is 6.02. The van der Waals surface area contributed by atoms with Crippen molar-refractivity contribution in [3.05, 3.63) is 53.5 Å². The van der Waals surface area contributed by atoms with Gasteiger partial charge in [0, 0.05) is 30.4 Å². The topological polar surface area (TPSA) is 53.1 Å². The SMILES string of the molecule is ClC1=CC(Nc2ccncn2)=CN2C1=CNC21C2CCC1CC2. The Balaban J connectivity index is 1.51. The van der Waals surface area contributed by atoms with E-state index in [0.717, 1.165) is 22.2 Å². The molecule has 1 aromatic heterocycles. The zero-order chi connectivity index (χ0) is 15.4. The maximum Gasteiger partial charge on any atom is 0.133 e.